The van der Waals surface area contributed by atoms with Crippen molar-refractivity contribution >= 4 is 11.6 Å². The van der Waals surface area contributed by atoms with Crippen molar-refractivity contribution in [2.24, 2.45) is 0 Å². The highest BCUT2D eigenvalue weighted by Gasteiger charge is 2.43. The summed E-state index contributed by atoms with van der Waals surface area (Å²) in [5, 5.41) is 43.6. The number of carbonyl (C=O) groups excluding carboxylic acids is 1. The standard InChI is InChI=1S/C17H26N2O9/c1-27-16-10(12(23)14(16)25)18-6-4-2-3-5-9(21)19-17-15(26)13(24)11(22)8(7-20)28-17/h8,11,13,15,17-18,20,22,24,26H,2-7H2,1H3,(H,19,21)/t8-,11+,13+,15-,17-/m1/s1. The van der Waals surface area contributed by atoms with Crippen molar-refractivity contribution in [3.8, 4) is 5.75 Å². The van der Waals surface area contributed by atoms with Crippen LogP contribution in [0, 0.1) is 0 Å². The molecule has 2 rings (SSSR count). The maximum atomic E-state index is 12.0. The zero-order chi connectivity index (χ0) is 20.8. The smallest absolute Gasteiger partial charge is 0.271 e. The van der Waals surface area contributed by atoms with Crippen molar-refractivity contribution in [3.63, 3.8) is 0 Å². The molecule has 1 heterocycles. The van der Waals surface area contributed by atoms with Crippen molar-refractivity contribution in [1.82, 2.24) is 5.32 Å². The van der Waals surface area contributed by atoms with Gasteiger partial charge in [0, 0.05) is 13.0 Å². The van der Waals surface area contributed by atoms with Gasteiger partial charge >= 0.3 is 0 Å². The maximum absolute atomic E-state index is 12.0. The fraction of sp³-hybridized carbons (Fsp3) is 0.706. The second kappa shape index (κ2) is 9.94. The van der Waals surface area contributed by atoms with E-state index in [0.29, 0.717) is 25.8 Å². The Hall–Kier alpha value is -2.05. The molecule has 11 nitrogen and oxygen atoms in total. The Balaban J connectivity index is 1.65. The van der Waals surface area contributed by atoms with E-state index < -0.39 is 54.0 Å². The molecule has 11 heteroatoms. The van der Waals surface area contributed by atoms with Gasteiger partial charge in [-0.15, -0.1) is 0 Å². The van der Waals surface area contributed by atoms with E-state index in [0.717, 1.165) is 0 Å². The van der Waals surface area contributed by atoms with E-state index in [1.54, 1.807) is 0 Å². The van der Waals surface area contributed by atoms with E-state index in [9.17, 15) is 29.7 Å². The van der Waals surface area contributed by atoms with Crippen LogP contribution in [-0.2, 0) is 9.53 Å². The Labute approximate surface area is 160 Å². The van der Waals surface area contributed by atoms with Crippen LogP contribution in [0.5, 0.6) is 5.75 Å². The molecule has 0 aromatic heterocycles. The van der Waals surface area contributed by atoms with Gasteiger partial charge in [0.1, 0.15) is 30.1 Å². The molecule has 6 N–H and O–H groups in total. The number of hydrogen-bond acceptors (Lipinski definition) is 10. The van der Waals surface area contributed by atoms with Crippen LogP contribution in [0.1, 0.15) is 25.7 Å². The van der Waals surface area contributed by atoms with Gasteiger partial charge in [0.2, 0.25) is 5.91 Å². The van der Waals surface area contributed by atoms with Crippen LogP contribution in [-0.4, -0.2) is 77.2 Å². The van der Waals surface area contributed by atoms with E-state index in [-0.39, 0.29) is 17.9 Å². The van der Waals surface area contributed by atoms with Gasteiger partial charge in [0.05, 0.1) is 13.7 Å². The Morgan fingerprint density at radius 2 is 1.79 bits per heavy atom. The summed E-state index contributed by atoms with van der Waals surface area (Å²) in [7, 11) is 1.31. The first-order valence-corrected chi connectivity index (χ1v) is 9.02. The van der Waals surface area contributed by atoms with Gasteiger partial charge in [0.25, 0.3) is 10.9 Å². The summed E-state index contributed by atoms with van der Waals surface area (Å²) in [4.78, 5) is 34.5. The lowest BCUT2D eigenvalue weighted by atomic mass is 9.98. The second-order valence-electron chi connectivity index (χ2n) is 6.62. The number of rotatable bonds is 10. The zero-order valence-electron chi connectivity index (χ0n) is 15.5. The van der Waals surface area contributed by atoms with Crippen molar-refractivity contribution in [2.45, 2.75) is 56.3 Å². The van der Waals surface area contributed by atoms with E-state index >= 15 is 0 Å². The number of aliphatic hydroxyl groups is 4. The molecule has 0 bridgehead atoms. The molecule has 0 spiro atoms. The normalized spacial score (nSPS) is 27.5. The molecular weight excluding hydrogens is 376 g/mol. The molecule has 0 saturated carbocycles. The highest BCUT2D eigenvalue weighted by molar-refractivity contribution is 5.76. The lowest BCUT2D eigenvalue weighted by Crippen LogP contribution is -2.63. The molecule has 158 valence electrons. The van der Waals surface area contributed by atoms with Crippen LogP contribution < -0.4 is 26.2 Å². The Morgan fingerprint density at radius 3 is 2.43 bits per heavy atom. The van der Waals surface area contributed by atoms with Gasteiger partial charge in [-0.05, 0) is 12.8 Å². The van der Waals surface area contributed by atoms with Crippen LogP contribution in [0.2, 0.25) is 0 Å². The van der Waals surface area contributed by atoms with Crippen molar-refractivity contribution in [2.75, 3.05) is 25.6 Å². The monoisotopic (exact) mass is 402 g/mol. The second-order valence-corrected chi connectivity index (χ2v) is 6.62. The highest BCUT2D eigenvalue weighted by Crippen LogP contribution is 2.20. The minimum Gasteiger partial charge on any atom is -0.491 e. The summed E-state index contributed by atoms with van der Waals surface area (Å²) >= 11 is 0. The molecular formula is C17H26N2O9. The van der Waals surface area contributed by atoms with Gasteiger partial charge in [-0.25, -0.2) is 0 Å². The third-order valence-corrected chi connectivity index (χ3v) is 4.65. The third-order valence-electron chi connectivity index (χ3n) is 4.65. The average Bonchev–Trinajstić information content (AvgIpc) is 2.69. The first kappa shape index (κ1) is 22.2. The van der Waals surface area contributed by atoms with Gasteiger partial charge in [-0.1, -0.05) is 6.42 Å². The average molecular weight is 402 g/mol. The summed E-state index contributed by atoms with van der Waals surface area (Å²) in [6.45, 7) is -0.130. The molecule has 5 atom stereocenters. The highest BCUT2D eigenvalue weighted by atomic mass is 16.6. The Kier molecular flexibility index (Phi) is 7.89. The van der Waals surface area contributed by atoms with Gasteiger partial charge in [-0.2, -0.15) is 0 Å². The minimum atomic E-state index is -1.55. The number of carbonyl (C=O) groups is 1. The molecule has 1 aromatic rings. The number of aliphatic hydroxyl groups excluding tert-OH is 4. The summed E-state index contributed by atoms with van der Waals surface area (Å²) in [5.41, 5.74) is -1.07. The third kappa shape index (κ3) is 4.86. The van der Waals surface area contributed by atoms with Gasteiger partial charge in [-0.3, -0.25) is 14.4 Å². The molecule has 1 amide bonds. The lowest BCUT2D eigenvalue weighted by molar-refractivity contribution is -0.236. The topological polar surface area (TPSA) is 175 Å². The minimum absolute atomic E-state index is 0.0314. The van der Waals surface area contributed by atoms with Crippen LogP contribution in [0.25, 0.3) is 0 Å². The largest absolute Gasteiger partial charge is 0.491 e. The van der Waals surface area contributed by atoms with Crippen LogP contribution >= 0.6 is 0 Å². The fourth-order valence-corrected chi connectivity index (χ4v) is 2.98. The van der Waals surface area contributed by atoms with E-state index in [1.807, 2.05) is 0 Å². The summed E-state index contributed by atoms with van der Waals surface area (Å²) < 4.78 is 10.0. The fourth-order valence-electron chi connectivity index (χ4n) is 2.98. The predicted molar refractivity (Wildman–Crippen MR) is 96.8 cm³/mol. The molecule has 28 heavy (non-hydrogen) atoms. The number of ether oxygens (including phenoxy) is 2. The summed E-state index contributed by atoms with van der Waals surface area (Å²) in [6, 6.07) is 0. The van der Waals surface area contributed by atoms with E-state index in [4.69, 9.17) is 14.6 Å². The number of nitrogens with one attached hydrogen (secondary N) is 2. The van der Waals surface area contributed by atoms with E-state index in [1.165, 1.54) is 7.11 Å². The molecule has 0 aliphatic carbocycles. The lowest BCUT2D eigenvalue weighted by Gasteiger charge is -2.40. The molecule has 1 saturated heterocycles. The quantitative estimate of drug-likeness (QED) is 0.177. The van der Waals surface area contributed by atoms with Crippen LogP contribution in [0.3, 0.4) is 0 Å². The molecule has 0 unspecified atom stereocenters. The van der Waals surface area contributed by atoms with Crippen molar-refractivity contribution < 1.29 is 34.7 Å². The van der Waals surface area contributed by atoms with Gasteiger partial charge in [0.15, 0.2) is 12.0 Å². The van der Waals surface area contributed by atoms with Crippen LogP contribution in [0.4, 0.5) is 5.69 Å². The molecule has 1 fully saturated rings. The number of methoxy groups -OCH3 is 1. The molecule has 1 aliphatic rings. The van der Waals surface area contributed by atoms with E-state index in [2.05, 4.69) is 10.6 Å². The predicted octanol–water partition coefficient (Wildman–Crippen LogP) is -2.82. The first-order valence-electron chi connectivity index (χ1n) is 9.02. The number of anilines is 1. The summed E-state index contributed by atoms with van der Waals surface area (Å²) in [6.07, 6.45) is -4.89. The van der Waals surface area contributed by atoms with Gasteiger partial charge < -0.3 is 40.5 Å². The molecule has 1 aromatic carbocycles. The Morgan fingerprint density at radius 1 is 1.07 bits per heavy atom. The number of unbranched alkanes of at least 4 members (excludes halogenated alkanes) is 2. The molecule has 0 radical (unpaired) electrons. The maximum Gasteiger partial charge on any atom is 0.271 e. The zero-order valence-corrected chi connectivity index (χ0v) is 15.5. The number of hydrogen-bond donors (Lipinski definition) is 6. The first-order chi connectivity index (χ1) is 13.3. The molecule has 1 aliphatic heterocycles. The SMILES string of the molecule is COc1c(NCCCCCC(=O)N[C@@H]2O[C@H](CO)[C@H](O)[C@H](O)[C@H]2O)c(=O)c1=O. The Bertz CT molecular complexity index is 729. The van der Waals surface area contributed by atoms with Crippen molar-refractivity contribution in [1.29, 1.82) is 0 Å². The van der Waals surface area contributed by atoms with Crippen LogP contribution in [0.15, 0.2) is 9.59 Å². The number of amides is 1. The summed E-state index contributed by atoms with van der Waals surface area (Å²) in [5.74, 6) is -0.384. The van der Waals surface area contributed by atoms with Crippen molar-refractivity contribution in [3.05, 3.63) is 20.4 Å².